The summed E-state index contributed by atoms with van der Waals surface area (Å²) in [6.45, 7) is 4.65. The number of dihydropyridines is 1. The number of hydrogen-bond acceptors (Lipinski definition) is 7. The summed E-state index contributed by atoms with van der Waals surface area (Å²) >= 11 is 0. The van der Waals surface area contributed by atoms with Crippen molar-refractivity contribution in [1.29, 1.82) is 0 Å². The van der Waals surface area contributed by atoms with E-state index in [0.717, 1.165) is 76.3 Å². The van der Waals surface area contributed by atoms with Crippen LogP contribution in [0, 0.1) is 10.1 Å². The Hall–Kier alpha value is -2.95. The number of nitrogens with zero attached hydrogens (tertiary/aromatic N) is 2. The monoisotopic (exact) mass is 467 g/mol. The number of nitrogens with one attached hydrogen (secondary N) is 3. The number of ether oxygens (including phenoxy) is 1. The molecule has 3 N–H and O–H groups in total. The van der Waals surface area contributed by atoms with Crippen molar-refractivity contribution in [3.63, 3.8) is 0 Å². The fraction of sp³-hybridized carbons (Fsp3) is 0.545. The van der Waals surface area contributed by atoms with E-state index < -0.39 is 22.4 Å². The normalized spacial score (nSPS) is 23.8. The topological polar surface area (TPSA) is 91.7 Å². The third-order valence-electron chi connectivity index (χ3n) is 6.21. The highest BCUT2D eigenvalue weighted by Gasteiger charge is 2.38. The first-order valence-corrected chi connectivity index (χ1v) is 11.2. The maximum absolute atomic E-state index is 13.2. The first-order chi connectivity index (χ1) is 15.8. The molecule has 2 aliphatic heterocycles. The molecule has 2 heterocycles. The van der Waals surface area contributed by atoms with Gasteiger partial charge in [-0.25, -0.2) is 0 Å². The molecule has 1 aliphatic carbocycles. The highest BCUT2D eigenvalue weighted by molar-refractivity contribution is 5.55. The number of halogens is 3. The number of hydrogen-bond donors (Lipinski definition) is 3. The molecule has 0 spiro atoms. The first kappa shape index (κ1) is 23.2. The van der Waals surface area contributed by atoms with Gasteiger partial charge in [0.1, 0.15) is 11.3 Å². The molecule has 0 radical (unpaired) electrons. The van der Waals surface area contributed by atoms with Gasteiger partial charge in [0.05, 0.1) is 17.6 Å². The molecule has 1 saturated heterocycles. The second-order valence-electron chi connectivity index (χ2n) is 8.52. The lowest BCUT2D eigenvalue weighted by Gasteiger charge is -2.34. The summed E-state index contributed by atoms with van der Waals surface area (Å²) in [5, 5.41) is 20.7. The number of rotatable bonds is 6. The fourth-order valence-electron chi connectivity index (χ4n) is 4.50. The lowest BCUT2D eigenvalue weighted by atomic mass is 9.92. The fourth-order valence-corrected chi connectivity index (χ4v) is 4.50. The maximum Gasteiger partial charge on any atom is 0.423 e. The molecule has 0 unspecified atom stereocenters. The van der Waals surface area contributed by atoms with Gasteiger partial charge in [-0.05, 0) is 37.8 Å². The molecule has 0 bridgehead atoms. The predicted octanol–water partition coefficient (Wildman–Crippen LogP) is 3.59. The molecule has 0 aromatic heterocycles. The van der Waals surface area contributed by atoms with Crippen molar-refractivity contribution < 1.29 is 22.8 Å². The van der Waals surface area contributed by atoms with Crippen LogP contribution in [0.1, 0.15) is 31.2 Å². The Bertz CT molecular complexity index is 920. The summed E-state index contributed by atoms with van der Waals surface area (Å²) in [4.78, 5) is 12.3. The number of anilines is 1. The van der Waals surface area contributed by atoms with Crippen LogP contribution in [0.5, 0.6) is 0 Å². The molecule has 180 valence electrons. The van der Waals surface area contributed by atoms with Crippen LogP contribution in [0.25, 0.3) is 0 Å². The quantitative estimate of drug-likeness (QED) is 0.435. The largest absolute Gasteiger partial charge is 0.489 e. The van der Waals surface area contributed by atoms with Crippen molar-refractivity contribution in [1.82, 2.24) is 15.5 Å². The van der Waals surface area contributed by atoms with Crippen LogP contribution in [0.2, 0.25) is 0 Å². The molecule has 33 heavy (non-hydrogen) atoms. The Kier molecular flexibility index (Phi) is 6.96. The standard InChI is InChI=1S/C22H28F3N5O3/c23-22(24,25)20-11-16(3-6-21(20)30(31)32)28-15-1-4-18(5-2-15)33-19-12-17(13-27-14-19)29-9-7-26-8-10-29/h3,6,11-12,14-15,18,26-28H,1-2,4-5,7-10,13H2. The lowest BCUT2D eigenvalue weighted by molar-refractivity contribution is -0.388. The third kappa shape index (κ3) is 5.89. The number of alkyl halides is 3. The van der Waals surface area contributed by atoms with Crippen LogP contribution in [-0.4, -0.2) is 54.7 Å². The van der Waals surface area contributed by atoms with Crippen LogP contribution in [0.15, 0.2) is 41.9 Å². The number of piperazine rings is 1. The van der Waals surface area contributed by atoms with E-state index in [1.165, 1.54) is 11.8 Å². The van der Waals surface area contributed by atoms with Crippen molar-refractivity contribution >= 4 is 11.4 Å². The van der Waals surface area contributed by atoms with Crippen molar-refractivity contribution in [3.05, 3.63) is 57.6 Å². The molecular formula is C22H28F3N5O3. The van der Waals surface area contributed by atoms with Crippen LogP contribution >= 0.6 is 0 Å². The van der Waals surface area contributed by atoms with Gasteiger partial charge in [0.15, 0.2) is 0 Å². The average Bonchev–Trinajstić information content (AvgIpc) is 2.80. The van der Waals surface area contributed by atoms with Crippen LogP contribution in [-0.2, 0) is 10.9 Å². The Balaban J connectivity index is 1.31. The van der Waals surface area contributed by atoms with Crippen LogP contribution in [0.4, 0.5) is 24.5 Å². The molecule has 1 aromatic rings. The van der Waals surface area contributed by atoms with Gasteiger partial charge in [-0.1, -0.05) is 0 Å². The molecule has 1 saturated carbocycles. The molecule has 0 amide bonds. The Morgan fingerprint density at radius 1 is 1.15 bits per heavy atom. The summed E-state index contributed by atoms with van der Waals surface area (Å²) in [5.41, 5.74) is -0.728. The van der Waals surface area contributed by atoms with Gasteiger partial charge in [-0.3, -0.25) is 10.1 Å². The minimum atomic E-state index is -4.79. The van der Waals surface area contributed by atoms with E-state index in [1.807, 2.05) is 6.20 Å². The summed E-state index contributed by atoms with van der Waals surface area (Å²) < 4.78 is 45.8. The minimum Gasteiger partial charge on any atom is -0.489 e. The molecule has 8 nitrogen and oxygen atoms in total. The van der Waals surface area contributed by atoms with Crippen molar-refractivity contribution in [2.75, 3.05) is 38.0 Å². The molecule has 0 atom stereocenters. The van der Waals surface area contributed by atoms with E-state index in [4.69, 9.17) is 4.74 Å². The number of benzene rings is 1. The Labute approximate surface area is 190 Å². The van der Waals surface area contributed by atoms with E-state index in [2.05, 4.69) is 26.9 Å². The van der Waals surface area contributed by atoms with E-state index in [1.54, 1.807) is 0 Å². The predicted molar refractivity (Wildman–Crippen MR) is 117 cm³/mol. The van der Waals surface area contributed by atoms with Crippen LogP contribution in [0.3, 0.4) is 0 Å². The molecule has 2 fully saturated rings. The summed E-state index contributed by atoms with van der Waals surface area (Å²) in [6, 6.07) is 3.04. The van der Waals surface area contributed by atoms with Crippen LogP contribution < -0.4 is 16.0 Å². The molecular weight excluding hydrogens is 439 g/mol. The van der Waals surface area contributed by atoms with Gasteiger partial charge in [0.2, 0.25) is 0 Å². The summed E-state index contributed by atoms with van der Waals surface area (Å²) in [7, 11) is 0. The number of allylic oxidation sites excluding steroid dienone is 1. The van der Waals surface area contributed by atoms with Gasteiger partial charge in [0, 0.05) is 61.9 Å². The number of nitro benzene ring substituents is 1. The summed E-state index contributed by atoms with van der Waals surface area (Å²) in [6.07, 6.45) is 2.22. The van der Waals surface area contributed by atoms with Crippen molar-refractivity contribution in [3.8, 4) is 0 Å². The van der Waals surface area contributed by atoms with Crippen molar-refractivity contribution in [2.24, 2.45) is 0 Å². The minimum absolute atomic E-state index is 0.0159. The highest BCUT2D eigenvalue weighted by Crippen LogP contribution is 2.38. The van der Waals surface area contributed by atoms with Gasteiger partial charge in [0.25, 0.3) is 5.69 Å². The van der Waals surface area contributed by atoms with Gasteiger partial charge in [-0.15, -0.1) is 0 Å². The van der Waals surface area contributed by atoms with E-state index >= 15 is 0 Å². The first-order valence-electron chi connectivity index (χ1n) is 11.2. The molecule has 4 rings (SSSR count). The smallest absolute Gasteiger partial charge is 0.423 e. The van der Waals surface area contributed by atoms with Gasteiger partial charge in [-0.2, -0.15) is 13.2 Å². The average molecular weight is 467 g/mol. The van der Waals surface area contributed by atoms with E-state index in [9.17, 15) is 23.3 Å². The Morgan fingerprint density at radius 2 is 1.88 bits per heavy atom. The molecule has 3 aliphatic rings. The van der Waals surface area contributed by atoms with Gasteiger partial charge < -0.3 is 25.6 Å². The zero-order valence-corrected chi connectivity index (χ0v) is 18.2. The third-order valence-corrected chi connectivity index (χ3v) is 6.21. The second kappa shape index (κ2) is 9.90. The van der Waals surface area contributed by atoms with Gasteiger partial charge >= 0.3 is 6.18 Å². The molecule has 1 aromatic carbocycles. The number of nitro groups is 1. The second-order valence-corrected chi connectivity index (χ2v) is 8.52. The SMILES string of the molecule is O=[N+]([O-])c1ccc(NC2CCC(OC3=CNCC(N4CCNCC4)=C3)CC2)cc1C(F)(F)F. The zero-order valence-electron chi connectivity index (χ0n) is 18.2. The maximum atomic E-state index is 13.2. The van der Waals surface area contributed by atoms with Crippen molar-refractivity contribution in [2.45, 2.75) is 44.0 Å². The van der Waals surface area contributed by atoms with E-state index in [-0.39, 0.29) is 17.8 Å². The zero-order chi connectivity index (χ0) is 23.4. The van der Waals surface area contributed by atoms with E-state index in [0.29, 0.717) is 0 Å². The molecule has 11 heteroatoms. The Morgan fingerprint density at radius 3 is 2.55 bits per heavy atom. The summed E-state index contributed by atoms with van der Waals surface area (Å²) in [5.74, 6) is 0.802. The highest BCUT2D eigenvalue weighted by atomic mass is 19.4. The lowest BCUT2D eigenvalue weighted by Crippen LogP contribution is -2.44.